The van der Waals surface area contributed by atoms with E-state index in [0.29, 0.717) is 23.9 Å². The molecule has 0 aliphatic rings. The van der Waals surface area contributed by atoms with Gasteiger partial charge in [0.25, 0.3) is 5.91 Å². The largest absolute Gasteiger partial charge is 0.495 e. The standard InChI is InChI=1S/C21H25N3O5S2/c1-6-24(7-2)31(26,27)19-11-15(8-9-18(19)28-5)20(25)23-21-22-17(12-30-21)16-10-13(3)29-14(16)4/h8-12H,6-7H2,1-5H3,(H,22,23,25). The second-order valence-electron chi connectivity index (χ2n) is 6.77. The number of furan rings is 1. The summed E-state index contributed by atoms with van der Waals surface area (Å²) in [6.45, 7) is 7.86. The van der Waals surface area contributed by atoms with Crippen LogP contribution in [0.3, 0.4) is 0 Å². The molecule has 3 rings (SSSR count). The maximum Gasteiger partial charge on any atom is 0.257 e. The summed E-state index contributed by atoms with van der Waals surface area (Å²) in [4.78, 5) is 17.2. The molecule has 1 aromatic carbocycles. The summed E-state index contributed by atoms with van der Waals surface area (Å²) < 4.78 is 38.1. The Balaban J connectivity index is 1.88. The number of sulfonamides is 1. The molecule has 166 valence electrons. The van der Waals surface area contributed by atoms with E-state index in [4.69, 9.17) is 9.15 Å². The third-order valence-electron chi connectivity index (χ3n) is 4.79. The number of anilines is 1. The van der Waals surface area contributed by atoms with Gasteiger partial charge in [-0.05, 0) is 38.1 Å². The summed E-state index contributed by atoms with van der Waals surface area (Å²) in [6, 6.07) is 6.23. The predicted octanol–water partition coefficient (Wildman–Crippen LogP) is 4.31. The molecule has 1 amide bonds. The summed E-state index contributed by atoms with van der Waals surface area (Å²) in [7, 11) is -2.41. The summed E-state index contributed by atoms with van der Waals surface area (Å²) >= 11 is 1.28. The van der Waals surface area contributed by atoms with Gasteiger partial charge >= 0.3 is 0 Å². The molecule has 0 unspecified atom stereocenters. The molecular weight excluding hydrogens is 438 g/mol. The van der Waals surface area contributed by atoms with E-state index >= 15 is 0 Å². The Morgan fingerprint density at radius 1 is 1.23 bits per heavy atom. The van der Waals surface area contributed by atoms with Crippen molar-refractivity contribution in [3.63, 3.8) is 0 Å². The normalized spacial score (nSPS) is 11.7. The van der Waals surface area contributed by atoms with Crippen LogP contribution >= 0.6 is 11.3 Å². The molecule has 1 N–H and O–H groups in total. The highest BCUT2D eigenvalue weighted by Gasteiger charge is 2.27. The summed E-state index contributed by atoms with van der Waals surface area (Å²) in [5.41, 5.74) is 1.76. The molecular formula is C21H25N3O5S2. The Morgan fingerprint density at radius 3 is 2.52 bits per heavy atom. The fourth-order valence-corrected chi connectivity index (χ4v) is 5.58. The zero-order valence-electron chi connectivity index (χ0n) is 18.1. The highest BCUT2D eigenvalue weighted by Crippen LogP contribution is 2.31. The minimum Gasteiger partial charge on any atom is -0.495 e. The molecule has 0 bridgehead atoms. The molecule has 8 nitrogen and oxygen atoms in total. The van der Waals surface area contributed by atoms with Crippen molar-refractivity contribution in [2.45, 2.75) is 32.6 Å². The van der Waals surface area contributed by atoms with Crippen molar-refractivity contribution in [2.75, 3.05) is 25.5 Å². The number of rotatable bonds is 8. The number of amides is 1. The molecule has 10 heteroatoms. The van der Waals surface area contributed by atoms with Crippen molar-refractivity contribution in [2.24, 2.45) is 0 Å². The fourth-order valence-electron chi connectivity index (χ4n) is 3.23. The number of hydrogen-bond acceptors (Lipinski definition) is 7. The molecule has 0 saturated carbocycles. The van der Waals surface area contributed by atoms with E-state index in [2.05, 4.69) is 10.3 Å². The number of aryl methyl sites for hydroxylation is 2. The molecule has 0 aliphatic carbocycles. The number of nitrogens with one attached hydrogen (secondary N) is 1. The number of hydrogen-bond donors (Lipinski definition) is 1. The van der Waals surface area contributed by atoms with E-state index in [1.165, 1.54) is 41.0 Å². The molecule has 2 heterocycles. The Hall–Kier alpha value is -2.69. The zero-order valence-corrected chi connectivity index (χ0v) is 19.7. The van der Waals surface area contributed by atoms with Gasteiger partial charge in [0.05, 0.1) is 12.8 Å². The van der Waals surface area contributed by atoms with Gasteiger partial charge in [0, 0.05) is 29.6 Å². The van der Waals surface area contributed by atoms with Gasteiger partial charge in [-0.2, -0.15) is 4.31 Å². The van der Waals surface area contributed by atoms with Crippen LogP contribution in [0.15, 0.2) is 39.0 Å². The van der Waals surface area contributed by atoms with Crippen molar-refractivity contribution < 1.29 is 22.4 Å². The molecule has 31 heavy (non-hydrogen) atoms. The van der Waals surface area contributed by atoms with Crippen molar-refractivity contribution in [3.8, 4) is 17.0 Å². The van der Waals surface area contributed by atoms with Crippen LogP contribution in [0.4, 0.5) is 5.13 Å². The van der Waals surface area contributed by atoms with Crippen LogP contribution in [0.1, 0.15) is 35.7 Å². The fraction of sp³-hybridized carbons (Fsp3) is 0.333. The third kappa shape index (κ3) is 4.65. The molecule has 0 radical (unpaired) electrons. The molecule has 0 fully saturated rings. The van der Waals surface area contributed by atoms with E-state index in [9.17, 15) is 13.2 Å². The second-order valence-corrected chi connectivity index (χ2v) is 9.54. The van der Waals surface area contributed by atoms with E-state index in [1.807, 2.05) is 25.3 Å². The molecule has 2 aromatic heterocycles. The molecule has 0 aliphatic heterocycles. The van der Waals surface area contributed by atoms with Crippen LogP contribution in [0.2, 0.25) is 0 Å². The van der Waals surface area contributed by atoms with E-state index < -0.39 is 15.9 Å². The quantitative estimate of drug-likeness (QED) is 0.534. The number of ether oxygens (including phenoxy) is 1. The number of benzene rings is 1. The first-order valence-electron chi connectivity index (χ1n) is 9.73. The average molecular weight is 464 g/mol. The lowest BCUT2D eigenvalue weighted by Crippen LogP contribution is -2.31. The molecule has 0 spiro atoms. The van der Waals surface area contributed by atoms with Gasteiger partial charge in [-0.1, -0.05) is 13.8 Å². The van der Waals surface area contributed by atoms with Crippen molar-refractivity contribution in [1.82, 2.24) is 9.29 Å². The van der Waals surface area contributed by atoms with Gasteiger partial charge in [-0.3, -0.25) is 10.1 Å². The smallest absolute Gasteiger partial charge is 0.257 e. The third-order valence-corrected chi connectivity index (χ3v) is 7.62. The Labute approximate surface area is 185 Å². The highest BCUT2D eigenvalue weighted by atomic mass is 32.2. The van der Waals surface area contributed by atoms with E-state index in [0.717, 1.165) is 17.1 Å². The summed E-state index contributed by atoms with van der Waals surface area (Å²) in [6.07, 6.45) is 0. The number of aromatic nitrogens is 1. The van der Waals surface area contributed by atoms with Gasteiger partial charge in [-0.25, -0.2) is 13.4 Å². The maximum absolute atomic E-state index is 13.0. The van der Waals surface area contributed by atoms with Gasteiger partial charge in [0.15, 0.2) is 5.13 Å². The van der Waals surface area contributed by atoms with Gasteiger partial charge in [-0.15, -0.1) is 11.3 Å². The van der Waals surface area contributed by atoms with Crippen LogP contribution in [-0.4, -0.2) is 43.8 Å². The lowest BCUT2D eigenvalue weighted by molar-refractivity contribution is 0.102. The van der Waals surface area contributed by atoms with Crippen LogP contribution in [-0.2, 0) is 10.0 Å². The Kier molecular flexibility index (Phi) is 6.83. The number of carbonyl (C=O) groups excluding carboxylic acids is 1. The number of carbonyl (C=O) groups is 1. The van der Waals surface area contributed by atoms with E-state index in [-0.39, 0.29) is 16.2 Å². The lowest BCUT2D eigenvalue weighted by Gasteiger charge is -2.20. The topological polar surface area (TPSA) is 102 Å². The van der Waals surface area contributed by atoms with Gasteiger partial charge < -0.3 is 9.15 Å². The summed E-state index contributed by atoms with van der Waals surface area (Å²) in [5, 5.41) is 4.97. The van der Waals surface area contributed by atoms with Gasteiger partial charge in [0.1, 0.15) is 22.2 Å². The predicted molar refractivity (Wildman–Crippen MR) is 120 cm³/mol. The van der Waals surface area contributed by atoms with Crippen molar-refractivity contribution in [1.29, 1.82) is 0 Å². The van der Waals surface area contributed by atoms with Crippen molar-refractivity contribution in [3.05, 3.63) is 46.7 Å². The Morgan fingerprint density at radius 2 is 1.94 bits per heavy atom. The second kappa shape index (κ2) is 9.21. The first kappa shape index (κ1) is 23.0. The van der Waals surface area contributed by atoms with Crippen LogP contribution in [0.25, 0.3) is 11.3 Å². The van der Waals surface area contributed by atoms with Gasteiger partial charge in [0.2, 0.25) is 10.0 Å². The molecule has 3 aromatic rings. The number of methoxy groups -OCH3 is 1. The minimum absolute atomic E-state index is 0.0457. The minimum atomic E-state index is -3.80. The van der Waals surface area contributed by atoms with Crippen LogP contribution in [0.5, 0.6) is 5.75 Å². The van der Waals surface area contributed by atoms with Crippen LogP contribution < -0.4 is 10.1 Å². The molecule has 0 atom stereocenters. The average Bonchev–Trinajstić information content (AvgIpc) is 3.33. The van der Waals surface area contributed by atoms with Crippen molar-refractivity contribution >= 4 is 32.4 Å². The highest BCUT2D eigenvalue weighted by molar-refractivity contribution is 7.89. The number of thiazole rings is 1. The Bertz CT molecular complexity index is 1190. The monoisotopic (exact) mass is 463 g/mol. The SMILES string of the molecule is CCN(CC)S(=O)(=O)c1cc(C(=O)Nc2nc(-c3cc(C)oc3C)cs2)ccc1OC. The zero-order chi connectivity index (χ0) is 22.8. The lowest BCUT2D eigenvalue weighted by atomic mass is 10.2. The summed E-state index contributed by atoms with van der Waals surface area (Å²) in [5.74, 6) is 1.26. The van der Waals surface area contributed by atoms with Crippen LogP contribution in [0, 0.1) is 13.8 Å². The number of nitrogens with zero attached hydrogens (tertiary/aromatic N) is 2. The molecule has 0 saturated heterocycles. The first-order chi connectivity index (χ1) is 14.7. The van der Waals surface area contributed by atoms with E-state index in [1.54, 1.807) is 13.8 Å². The maximum atomic E-state index is 13.0. The first-order valence-corrected chi connectivity index (χ1v) is 12.1.